The zero-order valence-corrected chi connectivity index (χ0v) is 17.5. The second-order valence-electron chi connectivity index (χ2n) is 7.27. The summed E-state index contributed by atoms with van der Waals surface area (Å²) in [6.45, 7) is 3.64. The van der Waals surface area contributed by atoms with E-state index in [9.17, 15) is 9.18 Å². The third-order valence-electron chi connectivity index (χ3n) is 4.80. The van der Waals surface area contributed by atoms with Crippen molar-refractivity contribution >= 4 is 39.2 Å². The number of fused-ring (bicyclic) bond motifs is 1. The lowest BCUT2D eigenvalue weighted by atomic mass is 10.0. The van der Waals surface area contributed by atoms with Gasteiger partial charge in [-0.1, -0.05) is 0 Å². The summed E-state index contributed by atoms with van der Waals surface area (Å²) in [5.74, 6) is 0.674. The van der Waals surface area contributed by atoms with Crippen molar-refractivity contribution in [3.05, 3.63) is 34.8 Å². The Labute approximate surface area is 174 Å². The molecule has 3 aromatic heterocycles. The highest BCUT2D eigenvalue weighted by atomic mass is 79.9. The maximum absolute atomic E-state index is 14.9. The maximum atomic E-state index is 14.9. The number of rotatable bonds is 5. The van der Waals surface area contributed by atoms with E-state index in [1.807, 2.05) is 13.8 Å². The Hall–Kier alpha value is -2.69. The number of hydrogen-bond acceptors (Lipinski definition) is 6. The quantitative estimate of drug-likeness (QED) is 0.530. The molecular formula is C18H21BrFN7O2. The van der Waals surface area contributed by atoms with Crippen LogP contribution >= 0.6 is 15.9 Å². The molecule has 0 aromatic carbocycles. The molecule has 1 aliphatic carbocycles. The Kier molecular flexibility index (Phi) is 5.39. The van der Waals surface area contributed by atoms with Crippen molar-refractivity contribution in [1.82, 2.24) is 30.1 Å². The number of nitrogens with zero attached hydrogens (tertiary/aromatic N) is 4. The predicted octanol–water partition coefficient (Wildman–Crippen LogP) is 3.68. The number of aromatic nitrogens is 5. The molecule has 4 rings (SSSR count). The summed E-state index contributed by atoms with van der Waals surface area (Å²) < 4.78 is 22.6. The van der Waals surface area contributed by atoms with Crippen molar-refractivity contribution in [2.45, 2.75) is 50.9 Å². The molecule has 29 heavy (non-hydrogen) atoms. The minimum Gasteiger partial charge on any atom is -0.443 e. The molecule has 154 valence electrons. The SMILES string of the molecule is CC(C)NC(=O)O[C@@H]1CC[C@H](c2cc(Nc3nccn4ncc(Br)c34)n[nH]2)[C@@H]1F. The van der Waals surface area contributed by atoms with Gasteiger partial charge in [0.1, 0.15) is 17.8 Å². The van der Waals surface area contributed by atoms with Gasteiger partial charge in [-0.3, -0.25) is 5.10 Å². The van der Waals surface area contributed by atoms with E-state index in [-0.39, 0.29) is 6.04 Å². The fourth-order valence-electron chi connectivity index (χ4n) is 3.49. The monoisotopic (exact) mass is 465 g/mol. The number of amides is 1. The molecule has 11 heteroatoms. The van der Waals surface area contributed by atoms with Gasteiger partial charge in [-0.25, -0.2) is 18.7 Å². The van der Waals surface area contributed by atoms with Crippen molar-refractivity contribution < 1.29 is 13.9 Å². The molecule has 1 saturated carbocycles. The zero-order chi connectivity index (χ0) is 20.5. The van der Waals surface area contributed by atoms with Crippen LogP contribution in [0.3, 0.4) is 0 Å². The van der Waals surface area contributed by atoms with Crippen LogP contribution in [-0.4, -0.2) is 49.2 Å². The standard InChI is InChI=1S/C18H21BrFN7O2/c1-9(2)23-18(28)29-13-4-3-10(15(13)20)12-7-14(26-25-12)24-17-16-11(19)8-22-27(16)6-5-21-17/h5-10,13,15H,3-4H2,1-2H3,(H,23,28)(H2,21,24,25,26)/t10-,13-,15+/m1/s1. The summed E-state index contributed by atoms with van der Waals surface area (Å²) in [6, 6.07) is 1.69. The maximum Gasteiger partial charge on any atom is 0.407 e. The highest BCUT2D eigenvalue weighted by molar-refractivity contribution is 9.10. The molecule has 3 N–H and O–H groups in total. The number of halogens is 2. The minimum absolute atomic E-state index is 0.0621. The highest BCUT2D eigenvalue weighted by Crippen LogP contribution is 2.38. The Morgan fingerprint density at radius 3 is 3.07 bits per heavy atom. The molecule has 0 aliphatic heterocycles. The van der Waals surface area contributed by atoms with Crippen LogP contribution in [0.2, 0.25) is 0 Å². The third kappa shape index (κ3) is 4.04. The van der Waals surface area contributed by atoms with Gasteiger partial charge in [0.2, 0.25) is 0 Å². The number of anilines is 2. The summed E-state index contributed by atoms with van der Waals surface area (Å²) >= 11 is 3.45. The smallest absolute Gasteiger partial charge is 0.407 e. The van der Waals surface area contributed by atoms with Crippen LogP contribution in [-0.2, 0) is 4.74 Å². The van der Waals surface area contributed by atoms with E-state index in [0.29, 0.717) is 30.2 Å². The molecule has 1 amide bonds. The van der Waals surface area contributed by atoms with Gasteiger partial charge in [-0.2, -0.15) is 10.2 Å². The molecule has 0 bridgehead atoms. The van der Waals surface area contributed by atoms with Gasteiger partial charge in [0, 0.05) is 36.1 Å². The van der Waals surface area contributed by atoms with Crippen molar-refractivity contribution in [1.29, 1.82) is 0 Å². The lowest BCUT2D eigenvalue weighted by Gasteiger charge is -2.18. The van der Waals surface area contributed by atoms with Crippen LogP contribution in [0.1, 0.15) is 38.3 Å². The number of aromatic amines is 1. The van der Waals surface area contributed by atoms with E-state index in [4.69, 9.17) is 4.74 Å². The summed E-state index contributed by atoms with van der Waals surface area (Å²) in [4.78, 5) is 16.1. The van der Waals surface area contributed by atoms with Gasteiger partial charge in [-0.05, 0) is 42.6 Å². The van der Waals surface area contributed by atoms with E-state index in [2.05, 4.69) is 46.8 Å². The number of hydrogen-bond donors (Lipinski definition) is 3. The Morgan fingerprint density at radius 2 is 2.28 bits per heavy atom. The van der Waals surface area contributed by atoms with Crippen LogP contribution in [0.5, 0.6) is 0 Å². The second-order valence-corrected chi connectivity index (χ2v) is 8.12. The molecule has 0 saturated heterocycles. The molecular weight excluding hydrogens is 445 g/mol. The topological polar surface area (TPSA) is 109 Å². The molecule has 0 spiro atoms. The van der Waals surface area contributed by atoms with E-state index in [0.717, 1.165) is 9.99 Å². The van der Waals surface area contributed by atoms with Crippen molar-refractivity contribution in [3.63, 3.8) is 0 Å². The zero-order valence-electron chi connectivity index (χ0n) is 15.9. The normalized spacial score (nSPS) is 21.6. The highest BCUT2D eigenvalue weighted by Gasteiger charge is 2.40. The van der Waals surface area contributed by atoms with Crippen molar-refractivity contribution in [2.24, 2.45) is 0 Å². The Morgan fingerprint density at radius 1 is 1.45 bits per heavy atom. The van der Waals surface area contributed by atoms with Crippen LogP contribution in [0.4, 0.5) is 20.8 Å². The summed E-state index contributed by atoms with van der Waals surface area (Å²) in [5, 5.41) is 17.1. The van der Waals surface area contributed by atoms with Gasteiger partial charge in [0.05, 0.1) is 10.7 Å². The number of carbonyl (C=O) groups is 1. The van der Waals surface area contributed by atoms with Crippen LogP contribution < -0.4 is 10.6 Å². The second kappa shape index (κ2) is 7.97. The molecule has 1 fully saturated rings. The summed E-state index contributed by atoms with van der Waals surface area (Å²) in [5.41, 5.74) is 1.42. The predicted molar refractivity (Wildman–Crippen MR) is 108 cm³/mol. The molecule has 3 heterocycles. The molecule has 3 atom stereocenters. The average molecular weight is 466 g/mol. The lowest BCUT2D eigenvalue weighted by molar-refractivity contribution is 0.0555. The van der Waals surface area contributed by atoms with Crippen LogP contribution in [0, 0.1) is 0 Å². The summed E-state index contributed by atoms with van der Waals surface area (Å²) in [6.07, 6.45) is 3.41. The average Bonchev–Trinajstić information content (AvgIpc) is 3.36. The molecule has 0 unspecified atom stereocenters. The number of alkyl halides is 1. The van der Waals surface area contributed by atoms with E-state index >= 15 is 0 Å². The van der Waals surface area contributed by atoms with Gasteiger partial charge in [0.25, 0.3) is 0 Å². The fourth-order valence-corrected chi connectivity index (χ4v) is 3.95. The third-order valence-corrected chi connectivity index (χ3v) is 5.38. The van der Waals surface area contributed by atoms with Crippen molar-refractivity contribution in [2.75, 3.05) is 5.32 Å². The van der Waals surface area contributed by atoms with Gasteiger partial charge >= 0.3 is 6.09 Å². The molecule has 9 nitrogen and oxygen atoms in total. The van der Waals surface area contributed by atoms with Crippen molar-refractivity contribution in [3.8, 4) is 0 Å². The number of nitrogens with one attached hydrogen (secondary N) is 3. The van der Waals surface area contributed by atoms with E-state index in [1.165, 1.54) is 0 Å². The minimum atomic E-state index is -1.30. The van der Waals surface area contributed by atoms with E-state index in [1.54, 1.807) is 29.2 Å². The molecule has 1 aliphatic rings. The van der Waals surface area contributed by atoms with Gasteiger partial charge in [-0.15, -0.1) is 0 Å². The number of H-pyrrole nitrogens is 1. The van der Waals surface area contributed by atoms with Crippen LogP contribution in [0.15, 0.2) is 29.1 Å². The van der Waals surface area contributed by atoms with E-state index < -0.39 is 24.3 Å². The number of carbonyl (C=O) groups excluding carboxylic acids is 1. The van der Waals surface area contributed by atoms with Crippen LogP contribution in [0.25, 0.3) is 5.52 Å². The summed E-state index contributed by atoms with van der Waals surface area (Å²) in [7, 11) is 0. The van der Waals surface area contributed by atoms with Gasteiger partial charge in [0.15, 0.2) is 11.6 Å². The molecule has 3 aromatic rings. The first kappa shape index (κ1) is 19.6. The fraction of sp³-hybridized carbons (Fsp3) is 0.444. The largest absolute Gasteiger partial charge is 0.443 e. The first-order valence-corrected chi connectivity index (χ1v) is 10.1. The Balaban J connectivity index is 1.45. The number of alkyl carbamates (subject to hydrolysis) is 1. The number of ether oxygens (including phenoxy) is 1. The van der Waals surface area contributed by atoms with Gasteiger partial charge < -0.3 is 15.4 Å². The first-order valence-electron chi connectivity index (χ1n) is 9.33. The first-order chi connectivity index (χ1) is 13.9. The lowest BCUT2D eigenvalue weighted by Crippen LogP contribution is -2.36. The Bertz CT molecular complexity index is 1020. The molecule has 0 radical (unpaired) electrons.